The molecule has 0 amide bonds. The van der Waals surface area contributed by atoms with Gasteiger partial charge >= 0.3 is 0 Å². The van der Waals surface area contributed by atoms with Crippen LogP contribution in [-0.2, 0) is 12.8 Å². The maximum atomic E-state index is 5.27. The second kappa shape index (κ2) is 15.1. The lowest BCUT2D eigenvalue weighted by atomic mass is 9.78. The number of benzene rings is 7. The van der Waals surface area contributed by atoms with Crippen LogP contribution in [0.1, 0.15) is 52.9 Å². The largest absolute Gasteiger partial charge is 0.294 e. The molecular formula is C59H43N3. The summed E-state index contributed by atoms with van der Waals surface area (Å²) in [5.74, 6) is 1.56. The molecule has 2 aromatic heterocycles. The Morgan fingerprint density at radius 2 is 1.13 bits per heavy atom. The van der Waals surface area contributed by atoms with E-state index >= 15 is 0 Å². The number of nitrogens with zero attached hydrogens (tertiary/aromatic N) is 3. The molecule has 3 nitrogen and oxygen atoms in total. The Labute approximate surface area is 362 Å². The van der Waals surface area contributed by atoms with E-state index in [0.29, 0.717) is 5.82 Å². The van der Waals surface area contributed by atoms with Crippen LogP contribution in [0, 0.1) is 0 Å². The Balaban J connectivity index is 0.931. The van der Waals surface area contributed by atoms with Crippen LogP contribution in [-0.4, -0.2) is 14.5 Å². The molecule has 7 aromatic carbocycles. The van der Waals surface area contributed by atoms with Crippen LogP contribution in [0.4, 0.5) is 0 Å². The lowest BCUT2D eigenvalue weighted by Gasteiger charge is -2.26. The summed E-state index contributed by atoms with van der Waals surface area (Å²) in [5.41, 5.74) is 18.7. The Kier molecular flexibility index (Phi) is 8.85. The van der Waals surface area contributed by atoms with Gasteiger partial charge in [-0.2, -0.15) is 0 Å². The van der Waals surface area contributed by atoms with Crippen LogP contribution in [0.5, 0.6) is 0 Å². The SMILES string of the molecule is C1=CCC=CC(c2nc(-c3ccccc3)cc(-n3c4ccccc4c4cc(-c5cccc(-c6cccc(C7=Cc8c(c9c(c%10ccccc8%10)C=CCC9)CC7)c6)c5)ccc43)n2)=C1. The second-order valence-electron chi connectivity index (χ2n) is 16.7. The number of hydrogen-bond donors (Lipinski definition) is 0. The predicted molar refractivity (Wildman–Crippen MR) is 261 cm³/mol. The van der Waals surface area contributed by atoms with E-state index in [-0.39, 0.29) is 0 Å². The summed E-state index contributed by atoms with van der Waals surface area (Å²) in [4.78, 5) is 10.4. The third-order valence-corrected chi connectivity index (χ3v) is 13.0. The number of allylic oxidation sites excluding steroid dienone is 8. The highest BCUT2D eigenvalue weighted by Crippen LogP contribution is 2.42. The lowest BCUT2D eigenvalue weighted by molar-refractivity contribution is 0.918. The molecule has 3 aliphatic rings. The van der Waals surface area contributed by atoms with Gasteiger partial charge in [0.05, 0.1) is 16.7 Å². The van der Waals surface area contributed by atoms with Gasteiger partial charge in [0.25, 0.3) is 0 Å². The van der Waals surface area contributed by atoms with Gasteiger partial charge in [0.1, 0.15) is 5.82 Å². The Bertz CT molecular complexity index is 3430. The van der Waals surface area contributed by atoms with Crippen molar-refractivity contribution in [1.82, 2.24) is 14.5 Å². The van der Waals surface area contributed by atoms with Gasteiger partial charge in [-0.25, -0.2) is 9.97 Å². The van der Waals surface area contributed by atoms with Gasteiger partial charge in [-0.3, -0.25) is 4.57 Å². The quantitative estimate of drug-likeness (QED) is 0.168. The zero-order valence-electron chi connectivity index (χ0n) is 34.4. The summed E-state index contributed by atoms with van der Waals surface area (Å²) in [6, 6.07) is 55.3. The van der Waals surface area contributed by atoms with Crippen molar-refractivity contribution in [2.75, 3.05) is 0 Å². The van der Waals surface area contributed by atoms with Crippen molar-refractivity contribution in [2.45, 2.75) is 32.1 Å². The van der Waals surface area contributed by atoms with Crippen molar-refractivity contribution in [3.8, 4) is 39.3 Å². The number of fused-ring (bicyclic) bond motifs is 9. The first kappa shape index (κ1) is 36.2. The first-order valence-corrected chi connectivity index (χ1v) is 21.9. The average Bonchev–Trinajstić information content (AvgIpc) is 3.45. The third-order valence-electron chi connectivity index (χ3n) is 13.0. The fraction of sp³-hybridized carbons (Fsp3) is 0.0847. The monoisotopic (exact) mass is 793 g/mol. The zero-order valence-corrected chi connectivity index (χ0v) is 34.4. The molecule has 294 valence electrons. The minimum atomic E-state index is 0.710. The van der Waals surface area contributed by atoms with Crippen molar-refractivity contribution in [3.05, 3.63) is 222 Å². The number of rotatable bonds is 6. The van der Waals surface area contributed by atoms with E-state index < -0.39 is 0 Å². The second-order valence-corrected chi connectivity index (χ2v) is 16.7. The molecule has 0 bridgehead atoms. The summed E-state index contributed by atoms with van der Waals surface area (Å²) in [7, 11) is 0. The van der Waals surface area contributed by atoms with E-state index in [0.717, 1.165) is 65.8 Å². The van der Waals surface area contributed by atoms with Crippen molar-refractivity contribution in [2.24, 2.45) is 0 Å². The van der Waals surface area contributed by atoms with E-state index in [9.17, 15) is 0 Å². The highest BCUT2D eigenvalue weighted by atomic mass is 15.1. The lowest BCUT2D eigenvalue weighted by Crippen LogP contribution is -2.08. The molecule has 0 radical (unpaired) electrons. The van der Waals surface area contributed by atoms with Crippen LogP contribution in [0.3, 0.4) is 0 Å². The van der Waals surface area contributed by atoms with E-state index in [1.165, 1.54) is 66.1 Å². The van der Waals surface area contributed by atoms with Gasteiger partial charge in [0, 0.05) is 28.0 Å². The standard InChI is InChI=1S/C59H43N3/c1-2-5-19-40(18-4-1)59-60-55(39-16-6-3-7-17-39)38-58(61-59)62-56-29-13-12-28-52(56)54-37-46(31-33-57(54)62)44-23-15-21-42(35-44)41-20-14-22-43(34-41)45-30-32-51-49-26-9-8-24-47(49)48-25-10-11-27-50(48)53(51)36-45/h1,3-8,10-25,27-29,31,33-38H,2,9,26,30,32H2. The first-order chi connectivity index (χ1) is 30.7. The number of hydrogen-bond acceptors (Lipinski definition) is 2. The summed E-state index contributed by atoms with van der Waals surface area (Å²) >= 11 is 0. The first-order valence-electron chi connectivity index (χ1n) is 21.9. The van der Waals surface area contributed by atoms with Gasteiger partial charge in [0.15, 0.2) is 5.82 Å². The fourth-order valence-electron chi connectivity index (χ4n) is 10.0. The van der Waals surface area contributed by atoms with Crippen LogP contribution in [0.15, 0.2) is 188 Å². The zero-order chi connectivity index (χ0) is 41.0. The van der Waals surface area contributed by atoms with Gasteiger partial charge in [0.2, 0.25) is 0 Å². The third kappa shape index (κ3) is 6.28. The van der Waals surface area contributed by atoms with Gasteiger partial charge in [-0.1, -0.05) is 164 Å². The molecule has 0 N–H and O–H groups in total. The van der Waals surface area contributed by atoms with Crippen molar-refractivity contribution in [1.29, 1.82) is 0 Å². The smallest absolute Gasteiger partial charge is 0.162 e. The normalized spacial score (nSPS) is 14.5. The molecule has 0 atom stereocenters. The van der Waals surface area contributed by atoms with Crippen molar-refractivity contribution in [3.63, 3.8) is 0 Å². The molecular weight excluding hydrogens is 751 g/mol. The molecule has 0 fully saturated rings. The van der Waals surface area contributed by atoms with Crippen LogP contribution < -0.4 is 0 Å². The molecule has 2 heterocycles. The molecule has 62 heavy (non-hydrogen) atoms. The highest BCUT2D eigenvalue weighted by molar-refractivity contribution is 6.10. The number of para-hydroxylation sites is 1. The Morgan fingerprint density at radius 1 is 0.452 bits per heavy atom. The van der Waals surface area contributed by atoms with E-state index in [2.05, 4.69) is 199 Å². The molecule has 3 heteroatoms. The van der Waals surface area contributed by atoms with Gasteiger partial charge in [-0.15, -0.1) is 0 Å². The fourth-order valence-corrected chi connectivity index (χ4v) is 10.0. The molecule has 3 aliphatic carbocycles. The molecule has 0 unspecified atom stereocenters. The summed E-state index contributed by atoms with van der Waals surface area (Å²) < 4.78 is 2.30. The minimum Gasteiger partial charge on any atom is -0.294 e. The highest BCUT2D eigenvalue weighted by Gasteiger charge is 2.23. The Morgan fingerprint density at radius 3 is 1.97 bits per heavy atom. The van der Waals surface area contributed by atoms with Crippen molar-refractivity contribution >= 4 is 55.9 Å². The maximum absolute atomic E-state index is 5.27. The van der Waals surface area contributed by atoms with E-state index in [4.69, 9.17) is 9.97 Å². The summed E-state index contributed by atoms with van der Waals surface area (Å²) in [6.45, 7) is 0. The molecule has 0 aliphatic heterocycles. The van der Waals surface area contributed by atoms with E-state index in [1.54, 1.807) is 11.1 Å². The number of aromatic nitrogens is 3. The summed E-state index contributed by atoms with van der Waals surface area (Å²) in [6.07, 6.45) is 23.1. The minimum absolute atomic E-state index is 0.710. The molecule has 0 saturated carbocycles. The van der Waals surface area contributed by atoms with Crippen LogP contribution >= 0.6 is 0 Å². The molecule has 0 saturated heterocycles. The van der Waals surface area contributed by atoms with Gasteiger partial charge in [-0.05, 0) is 129 Å². The maximum Gasteiger partial charge on any atom is 0.162 e. The van der Waals surface area contributed by atoms with Crippen LogP contribution in [0.25, 0.3) is 95.2 Å². The van der Waals surface area contributed by atoms with E-state index in [1.807, 2.05) is 6.07 Å². The van der Waals surface area contributed by atoms with Crippen molar-refractivity contribution < 1.29 is 0 Å². The molecule has 12 rings (SSSR count). The molecule has 9 aromatic rings. The summed E-state index contributed by atoms with van der Waals surface area (Å²) in [5, 5.41) is 5.13. The van der Waals surface area contributed by atoms with Gasteiger partial charge < -0.3 is 0 Å². The average molecular weight is 794 g/mol. The van der Waals surface area contributed by atoms with Crippen LogP contribution in [0.2, 0.25) is 0 Å². The predicted octanol–water partition coefficient (Wildman–Crippen LogP) is 15.1. The topological polar surface area (TPSA) is 30.7 Å². The Hall–Kier alpha value is -7.62. The molecule has 0 spiro atoms.